The van der Waals surface area contributed by atoms with Crippen LogP contribution < -0.4 is 5.32 Å². The molecule has 6 heteroatoms. The van der Waals surface area contributed by atoms with Gasteiger partial charge in [0.2, 0.25) is 0 Å². The number of carbonyl (C=O) groups is 1. The number of nitrogens with one attached hydrogen (secondary N) is 1. The molecular formula is C14H12Cl2N2O2. The molecule has 0 aliphatic carbocycles. The van der Waals surface area contributed by atoms with Crippen LogP contribution in [-0.2, 0) is 0 Å². The van der Waals surface area contributed by atoms with Gasteiger partial charge in [0.1, 0.15) is 10.9 Å². The zero-order valence-corrected chi connectivity index (χ0v) is 12.4. The van der Waals surface area contributed by atoms with Crippen LogP contribution in [0.1, 0.15) is 21.5 Å². The van der Waals surface area contributed by atoms with Crippen LogP contribution in [-0.4, -0.2) is 16.0 Å². The van der Waals surface area contributed by atoms with Crippen molar-refractivity contribution < 1.29 is 9.90 Å². The normalized spacial score (nSPS) is 10.4. The fourth-order valence-electron chi connectivity index (χ4n) is 1.80. The monoisotopic (exact) mass is 310 g/mol. The van der Waals surface area contributed by atoms with Gasteiger partial charge in [0.15, 0.2) is 5.15 Å². The highest BCUT2D eigenvalue weighted by molar-refractivity contribution is 6.35. The third kappa shape index (κ3) is 2.86. The van der Waals surface area contributed by atoms with Gasteiger partial charge in [-0.2, -0.15) is 0 Å². The molecule has 0 saturated heterocycles. The third-order valence-corrected chi connectivity index (χ3v) is 3.40. The van der Waals surface area contributed by atoms with Gasteiger partial charge in [-0.05, 0) is 37.6 Å². The lowest BCUT2D eigenvalue weighted by atomic mass is 10.1. The van der Waals surface area contributed by atoms with Crippen LogP contribution in [0.25, 0.3) is 0 Å². The SMILES string of the molecule is Cc1cc(Cl)nc(Cl)c1NC(=O)c1cccc(O)c1C. The molecule has 0 unspecified atom stereocenters. The molecule has 1 heterocycles. The fraction of sp³-hybridized carbons (Fsp3) is 0.143. The first-order chi connectivity index (χ1) is 9.40. The van der Waals surface area contributed by atoms with E-state index in [9.17, 15) is 9.90 Å². The standard InChI is InChI=1S/C14H12Cl2N2O2/c1-7-6-11(15)17-13(16)12(7)18-14(20)9-4-3-5-10(19)8(9)2/h3-6,19H,1-2H3,(H,18,20). The summed E-state index contributed by atoms with van der Waals surface area (Å²) in [7, 11) is 0. The molecule has 0 aliphatic rings. The summed E-state index contributed by atoms with van der Waals surface area (Å²) in [6, 6.07) is 6.36. The molecule has 0 radical (unpaired) electrons. The minimum atomic E-state index is -0.368. The molecule has 104 valence electrons. The minimum Gasteiger partial charge on any atom is -0.508 e. The highest BCUT2D eigenvalue weighted by Crippen LogP contribution is 2.28. The number of pyridine rings is 1. The number of amides is 1. The minimum absolute atomic E-state index is 0.0645. The number of hydrogen-bond acceptors (Lipinski definition) is 3. The molecule has 0 atom stereocenters. The first-order valence-electron chi connectivity index (χ1n) is 5.82. The molecule has 0 saturated carbocycles. The Hall–Kier alpha value is -1.78. The van der Waals surface area contributed by atoms with E-state index in [4.69, 9.17) is 23.2 Å². The summed E-state index contributed by atoms with van der Waals surface area (Å²) in [5.41, 5.74) is 1.99. The highest BCUT2D eigenvalue weighted by Gasteiger charge is 2.15. The molecule has 2 aromatic rings. The fourth-order valence-corrected chi connectivity index (χ4v) is 2.37. The van der Waals surface area contributed by atoms with Crippen LogP contribution in [0.2, 0.25) is 10.3 Å². The summed E-state index contributed by atoms with van der Waals surface area (Å²) in [6.45, 7) is 3.43. The molecule has 20 heavy (non-hydrogen) atoms. The number of benzene rings is 1. The van der Waals surface area contributed by atoms with Gasteiger partial charge < -0.3 is 10.4 Å². The highest BCUT2D eigenvalue weighted by atomic mass is 35.5. The van der Waals surface area contributed by atoms with E-state index in [0.29, 0.717) is 22.4 Å². The second-order valence-electron chi connectivity index (χ2n) is 4.33. The maximum absolute atomic E-state index is 12.2. The van der Waals surface area contributed by atoms with Crippen molar-refractivity contribution in [2.75, 3.05) is 5.32 Å². The van der Waals surface area contributed by atoms with Crippen LogP contribution >= 0.6 is 23.2 Å². The number of aromatic hydroxyl groups is 1. The molecule has 0 aliphatic heterocycles. The molecular weight excluding hydrogens is 299 g/mol. The summed E-state index contributed by atoms with van der Waals surface area (Å²) in [6.07, 6.45) is 0. The summed E-state index contributed by atoms with van der Waals surface area (Å²) >= 11 is 11.8. The maximum Gasteiger partial charge on any atom is 0.256 e. The second-order valence-corrected chi connectivity index (χ2v) is 5.08. The predicted octanol–water partition coefficient (Wildman–Crippen LogP) is 3.96. The smallest absolute Gasteiger partial charge is 0.256 e. The van der Waals surface area contributed by atoms with Crippen molar-refractivity contribution in [3.63, 3.8) is 0 Å². The largest absolute Gasteiger partial charge is 0.508 e. The Morgan fingerprint density at radius 2 is 2.00 bits per heavy atom. The Morgan fingerprint density at radius 3 is 2.65 bits per heavy atom. The lowest BCUT2D eigenvalue weighted by Gasteiger charge is -2.12. The van der Waals surface area contributed by atoms with Gasteiger partial charge >= 0.3 is 0 Å². The average Bonchev–Trinajstić information content (AvgIpc) is 2.36. The van der Waals surface area contributed by atoms with Crippen molar-refractivity contribution in [3.8, 4) is 5.75 Å². The van der Waals surface area contributed by atoms with Gasteiger partial charge in [-0.15, -0.1) is 0 Å². The summed E-state index contributed by atoms with van der Waals surface area (Å²) in [5.74, 6) is -0.303. The van der Waals surface area contributed by atoms with Crippen LogP contribution in [0, 0.1) is 13.8 Å². The number of phenols is 1. The van der Waals surface area contributed by atoms with E-state index < -0.39 is 0 Å². The molecule has 1 amide bonds. The van der Waals surface area contributed by atoms with Crippen LogP contribution in [0.15, 0.2) is 24.3 Å². The first kappa shape index (κ1) is 14.6. The van der Waals surface area contributed by atoms with Crippen molar-refractivity contribution in [1.82, 2.24) is 4.98 Å². The Kier molecular flexibility index (Phi) is 4.16. The zero-order valence-electron chi connectivity index (χ0n) is 10.9. The van der Waals surface area contributed by atoms with Gasteiger partial charge in [0.05, 0.1) is 5.69 Å². The van der Waals surface area contributed by atoms with Crippen LogP contribution in [0.4, 0.5) is 5.69 Å². The van der Waals surface area contributed by atoms with Crippen LogP contribution in [0.5, 0.6) is 5.75 Å². The molecule has 2 N–H and O–H groups in total. The molecule has 1 aromatic heterocycles. The van der Waals surface area contributed by atoms with Crippen molar-refractivity contribution in [1.29, 1.82) is 0 Å². The number of aromatic nitrogens is 1. The summed E-state index contributed by atoms with van der Waals surface area (Å²) in [4.78, 5) is 16.1. The van der Waals surface area contributed by atoms with E-state index in [0.717, 1.165) is 0 Å². The third-order valence-electron chi connectivity index (χ3n) is 2.93. The Labute approximate surface area is 126 Å². The number of rotatable bonds is 2. The zero-order chi connectivity index (χ0) is 14.9. The number of carbonyl (C=O) groups excluding carboxylic acids is 1. The van der Waals surface area contributed by atoms with Crippen molar-refractivity contribution in [2.24, 2.45) is 0 Å². The molecule has 1 aromatic carbocycles. The van der Waals surface area contributed by atoms with E-state index in [1.165, 1.54) is 6.07 Å². The molecule has 0 spiro atoms. The quantitative estimate of drug-likeness (QED) is 0.825. The molecule has 0 bridgehead atoms. The van der Waals surface area contributed by atoms with E-state index >= 15 is 0 Å². The van der Waals surface area contributed by atoms with Gasteiger partial charge in [0, 0.05) is 11.1 Å². The second kappa shape index (κ2) is 5.69. The number of phenolic OH excluding ortho intramolecular Hbond substituents is 1. The van der Waals surface area contributed by atoms with Crippen LogP contribution in [0.3, 0.4) is 0 Å². The predicted molar refractivity (Wildman–Crippen MR) is 79.8 cm³/mol. The molecule has 0 fully saturated rings. The number of hydrogen-bond donors (Lipinski definition) is 2. The van der Waals surface area contributed by atoms with Gasteiger partial charge in [-0.1, -0.05) is 29.3 Å². The summed E-state index contributed by atoms with van der Waals surface area (Å²) < 4.78 is 0. The number of halogens is 2. The number of aryl methyl sites for hydroxylation is 1. The molecule has 4 nitrogen and oxygen atoms in total. The average molecular weight is 311 g/mol. The van der Waals surface area contributed by atoms with E-state index in [1.54, 1.807) is 32.0 Å². The van der Waals surface area contributed by atoms with Crippen molar-refractivity contribution in [2.45, 2.75) is 13.8 Å². The van der Waals surface area contributed by atoms with E-state index in [1.807, 2.05) is 0 Å². The molecule has 2 rings (SSSR count). The Morgan fingerprint density at radius 1 is 1.30 bits per heavy atom. The van der Waals surface area contributed by atoms with Gasteiger partial charge in [-0.25, -0.2) is 4.98 Å². The van der Waals surface area contributed by atoms with E-state index in [2.05, 4.69) is 10.3 Å². The van der Waals surface area contributed by atoms with Crippen molar-refractivity contribution >= 4 is 34.8 Å². The Bertz CT molecular complexity index is 664. The maximum atomic E-state index is 12.2. The van der Waals surface area contributed by atoms with Gasteiger partial charge in [0.25, 0.3) is 5.91 Å². The lowest BCUT2D eigenvalue weighted by Crippen LogP contribution is -2.15. The Balaban J connectivity index is 2.36. The first-order valence-corrected chi connectivity index (χ1v) is 6.58. The lowest BCUT2D eigenvalue weighted by molar-refractivity contribution is 0.102. The van der Waals surface area contributed by atoms with Gasteiger partial charge in [-0.3, -0.25) is 4.79 Å². The topological polar surface area (TPSA) is 62.2 Å². The van der Waals surface area contributed by atoms with Crippen molar-refractivity contribution in [3.05, 3.63) is 51.3 Å². The van der Waals surface area contributed by atoms with E-state index in [-0.39, 0.29) is 22.0 Å². The summed E-state index contributed by atoms with van der Waals surface area (Å²) in [5, 5.41) is 12.7. The number of anilines is 1. The number of nitrogens with zero attached hydrogens (tertiary/aromatic N) is 1.